The summed E-state index contributed by atoms with van der Waals surface area (Å²) < 4.78 is 5.97. The fourth-order valence-corrected chi connectivity index (χ4v) is 4.39. The number of hydrogen-bond acceptors (Lipinski definition) is 5. The minimum atomic E-state index is -0.434. The van der Waals surface area contributed by atoms with Gasteiger partial charge in [-0.3, -0.25) is 19.3 Å². The van der Waals surface area contributed by atoms with Gasteiger partial charge in [-0.15, -0.1) is 0 Å². The van der Waals surface area contributed by atoms with Gasteiger partial charge in [-0.1, -0.05) is 48.0 Å². The third-order valence-corrected chi connectivity index (χ3v) is 6.25. The first-order valence-electron chi connectivity index (χ1n) is 10.3. The van der Waals surface area contributed by atoms with Crippen molar-refractivity contribution < 1.29 is 19.1 Å². The van der Waals surface area contributed by atoms with Gasteiger partial charge >= 0.3 is 0 Å². The first kappa shape index (κ1) is 21.2. The minimum absolute atomic E-state index is 0.178. The van der Waals surface area contributed by atoms with Crippen molar-refractivity contribution in [2.75, 3.05) is 19.6 Å². The first-order chi connectivity index (χ1) is 15.0. The molecule has 2 aromatic rings. The lowest BCUT2D eigenvalue weighted by Crippen LogP contribution is -2.40. The van der Waals surface area contributed by atoms with Crippen molar-refractivity contribution in [1.82, 2.24) is 9.80 Å². The topological polar surface area (TPSA) is 66.9 Å². The van der Waals surface area contributed by atoms with Crippen molar-refractivity contribution in [3.8, 4) is 5.75 Å². The van der Waals surface area contributed by atoms with E-state index in [0.29, 0.717) is 35.9 Å². The SMILES string of the molecule is Cc1ccc(COc2ccccc2/C=C2/SC(=O)N(CC(=O)N3CCCC3)C2=O)cc1. The van der Waals surface area contributed by atoms with Crippen molar-refractivity contribution in [2.45, 2.75) is 26.4 Å². The van der Waals surface area contributed by atoms with Crippen LogP contribution in [-0.4, -0.2) is 46.5 Å². The second kappa shape index (κ2) is 9.39. The van der Waals surface area contributed by atoms with Crippen molar-refractivity contribution in [3.05, 3.63) is 70.1 Å². The van der Waals surface area contributed by atoms with E-state index in [1.807, 2.05) is 55.5 Å². The fraction of sp³-hybridized carbons (Fsp3) is 0.292. The second-order valence-corrected chi connectivity index (χ2v) is 8.66. The van der Waals surface area contributed by atoms with Gasteiger partial charge in [0.05, 0.1) is 4.91 Å². The van der Waals surface area contributed by atoms with Gasteiger partial charge in [0.1, 0.15) is 18.9 Å². The number of carbonyl (C=O) groups excluding carboxylic acids is 3. The van der Waals surface area contributed by atoms with E-state index >= 15 is 0 Å². The Morgan fingerprint density at radius 1 is 1.06 bits per heavy atom. The zero-order valence-corrected chi connectivity index (χ0v) is 18.2. The monoisotopic (exact) mass is 436 g/mol. The summed E-state index contributed by atoms with van der Waals surface area (Å²) in [4.78, 5) is 40.6. The number of aryl methyl sites for hydroxylation is 1. The molecule has 7 heteroatoms. The lowest BCUT2D eigenvalue weighted by Gasteiger charge is -2.18. The average molecular weight is 437 g/mol. The van der Waals surface area contributed by atoms with Crippen molar-refractivity contribution in [3.63, 3.8) is 0 Å². The Morgan fingerprint density at radius 2 is 1.77 bits per heavy atom. The molecule has 0 aromatic heterocycles. The zero-order valence-electron chi connectivity index (χ0n) is 17.4. The lowest BCUT2D eigenvalue weighted by atomic mass is 10.1. The van der Waals surface area contributed by atoms with E-state index in [1.165, 1.54) is 5.56 Å². The molecule has 2 aromatic carbocycles. The maximum atomic E-state index is 12.8. The van der Waals surface area contributed by atoms with E-state index in [0.717, 1.165) is 35.1 Å². The molecule has 2 aliphatic rings. The fourth-order valence-electron chi connectivity index (χ4n) is 3.56. The Kier molecular flexibility index (Phi) is 6.42. The van der Waals surface area contributed by atoms with Crippen LogP contribution in [0.2, 0.25) is 0 Å². The summed E-state index contributed by atoms with van der Waals surface area (Å²) in [5.74, 6) is 0.0155. The Hall–Kier alpha value is -3.06. The number of benzene rings is 2. The van der Waals surface area contributed by atoms with E-state index in [9.17, 15) is 14.4 Å². The van der Waals surface area contributed by atoms with Crippen LogP contribution in [0.4, 0.5) is 4.79 Å². The average Bonchev–Trinajstić information content (AvgIpc) is 3.39. The van der Waals surface area contributed by atoms with Crippen molar-refractivity contribution in [1.29, 1.82) is 0 Å². The second-order valence-electron chi connectivity index (χ2n) is 7.67. The highest BCUT2D eigenvalue weighted by Crippen LogP contribution is 2.34. The zero-order chi connectivity index (χ0) is 21.8. The molecule has 2 heterocycles. The summed E-state index contributed by atoms with van der Waals surface area (Å²) >= 11 is 0.858. The quantitative estimate of drug-likeness (QED) is 0.634. The molecule has 0 saturated carbocycles. The summed E-state index contributed by atoms with van der Waals surface area (Å²) in [6.45, 7) is 3.61. The number of carbonyl (C=O) groups is 3. The number of amides is 3. The standard InChI is InChI=1S/C24H24N2O4S/c1-17-8-10-18(11-9-17)16-30-20-7-3-2-6-19(20)14-21-23(28)26(24(29)31-21)15-22(27)25-12-4-5-13-25/h2-3,6-11,14H,4-5,12-13,15-16H2,1H3/b21-14+. The number of rotatable bonds is 6. The summed E-state index contributed by atoms with van der Waals surface area (Å²) in [5, 5.41) is -0.415. The van der Waals surface area contributed by atoms with Crippen LogP contribution in [0.5, 0.6) is 5.75 Å². The number of hydrogen-bond donors (Lipinski definition) is 0. The smallest absolute Gasteiger partial charge is 0.294 e. The number of imide groups is 1. The minimum Gasteiger partial charge on any atom is -0.488 e. The summed E-state index contributed by atoms with van der Waals surface area (Å²) in [5.41, 5.74) is 2.94. The van der Waals surface area contributed by atoms with E-state index in [4.69, 9.17) is 4.74 Å². The lowest BCUT2D eigenvalue weighted by molar-refractivity contribution is -0.135. The van der Waals surface area contributed by atoms with Crippen LogP contribution in [0.15, 0.2) is 53.4 Å². The molecule has 0 aliphatic carbocycles. The Labute approximate surface area is 185 Å². The molecule has 0 unspecified atom stereocenters. The van der Waals surface area contributed by atoms with Crippen LogP contribution < -0.4 is 4.74 Å². The van der Waals surface area contributed by atoms with E-state index in [2.05, 4.69) is 0 Å². The molecule has 2 aliphatic heterocycles. The maximum absolute atomic E-state index is 12.8. The number of nitrogens with zero attached hydrogens (tertiary/aromatic N) is 2. The highest BCUT2D eigenvalue weighted by Gasteiger charge is 2.37. The van der Waals surface area contributed by atoms with Gasteiger partial charge in [0, 0.05) is 18.7 Å². The van der Waals surface area contributed by atoms with Gasteiger partial charge in [-0.2, -0.15) is 0 Å². The largest absolute Gasteiger partial charge is 0.488 e. The molecule has 4 rings (SSSR count). The molecule has 3 amide bonds. The van der Waals surface area contributed by atoms with Crippen LogP contribution in [0, 0.1) is 6.92 Å². The third-order valence-electron chi connectivity index (χ3n) is 5.35. The molecular weight excluding hydrogens is 412 g/mol. The van der Waals surface area contributed by atoms with E-state index < -0.39 is 11.1 Å². The number of para-hydroxylation sites is 1. The third kappa shape index (κ3) is 4.99. The van der Waals surface area contributed by atoms with Gasteiger partial charge in [-0.25, -0.2) is 0 Å². The highest BCUT2D eigenvalue weighted by atomic mass is 32.2. The number of ether oxygens (including phenoxy) is 1. The molecule has 0 bridgehead atoms. The molecular formula is C24H24N2O4S. The van der Waals surface area contributed by atoms with E-state index in [-0.39, 0.29) is 12.5 Å². The predicted octanol–water partition coefficient (Wildman–Crippen LogP) is 4.23. The summed E-state index contributed by atoms with van der Waals surface area (Å²) in [6.07, 6.45) is 3.59. The predicted molar refractivity (Wildman–Crippen MR) is 120 cm³/mol. The van der Waals surface area contributed by atoms with Gasteiger partial charge in [0.15, 0.2) is 0 Å². The normalized spacial score (nSPS) is 17.6. The molecule has 2 saturated heterocycles. The van der Waals surface area contributed by atoms with Crippen molar-refractivity contribution in [2.24, 2.45) is 0 Å². The summed E-state index contributed by atoms with van der Waals surface area (Å²) in [6, 6.07) is 15.5. The number of likely N-dealkylation sites (tertiary alicyclic amines) is 1. The molecule has 0 spiro atoms. The van der Waals surface area contributed by atoms with E-state index in [1.54, 1.807) is 11.0 Å². The van der Waals surface area contributed by atoms with Crippen LogP contribution in [0.1, 0.15) is 29.5 Å². The molecule has 0 atom stereocenters. The highest BCUT2D eigenvalue weighted by molar-refractivity contribution is 8.18. The molecule has 160 valence electrons. The van der Waals surface area contributed by atoms with Gasteiger partial charge in [0.25, 0.3) is 11.1 Å². The first-order valence-corrected chi connectivity index (χ1v) is 11.1. The maximum Gasteiger partial charge on any atom is 0.294 e. The van der Waals surface area contributed by atoms with Crippen LogP contribution in [0.25, 0.3) is 6.08 Å². The van der Waals surface area contributed by atoms with Crippen LogP contribution >= 0.6 is 11.8 Å². The van der Waals surface area contributed by atoms with Gasteiger partial charge in [0.2, 0.25) is 5.91 Å². The van der Waals surface area contributed by atoms with Crippen LogP contribution in [0.3, 0.4) is 0 Å². The Balaban J connectivity index is 1.46. The Bertz CT molecular complexity index is 1030. The molecule has 31 heavy (non-hydrogen) atoms. The Morgan fingerprint density at radius 3 is 2.52 bits per heavy atom. The molecule has 6 nitrogen and oxygen atoms in total. The molecule has 0 radical (unpaired) electrons. The van der Waals surface area contributed by atoms with Crippen molar-refractivity contribution >= 4 is 34.9 Å². The van der Waals surface area contributed by atoms with Crippen LogP contribution in [-0.2, 0) is 16.2 Å². The van der Waals surface area contributed by atoms with Gasteiger partial charge < -0.3 is 9.64 Å². The molecule has 2 fully saturated rings. The number of thioether (sulfide) groups is 1. The summed E-state index contributed by atoms with van der Waals surface area (Å²) in [7, 11) is 0. The van der Waals surface area contributed by atoms with Gasteiger partial charge in [-0.05, 0) is 49.2 Å². The molecule has 0 N–H and O–H groups in total.